The summed E-state index contributed by atoms with van der Waals surface area (Å²) in [7, 11) is 0. The van der Waals surface area contributed by atoms with Crippen LogP contribution < -0.4 is 0 Å². The van der Waals surface area contributed by atoms with E-state index in [0.717, 1.165) is 12.1 Å². The maximum absolute atomic E-state index is 12.7. The number of non-ortho nitro benzene ring substituents is 1. The molecule has 0 atom stereocenters. The first-order valence-corrected chi connectivity index (χ1v) is 8.69. The Balaban J connectivity index is 1.70. The number of nitrogens with zero attached hydrogens (tertiary/aromatic N) is 3. The lowest BCUT2D eigenvalue weighted by Gasteiger charge is -2.08. The van der Waals surface area contributed by atoms with Crippen LogP contribution in [0.1, 0.15) is 11.1 Å². The fourth-order valence-corrected chi connectivity index (χ4v) is 3.08. The van der Waals surface area contributed by atoms with Gasteiger partial charge in [0.15, 0.2) is 0 Å². The standard InChI is InChI=1S/C18H12F3N3O2S/c19-18(20,21)14-5-1-3-12(9-14)11-27-17-8-7-16(22-23-17)13-4-2-6-15(10-13)24(25)26/h1-10H,11H2. The maximum atomic E-state index is 12.7. The Labute approximate surface area is 156 Å². The summed E-state index contributed by atoms with van der Waals surface area (Å²) in [5, 5.41) is 19.5. The molecular formula is C18H12F3N3O2S. The van der Waals surface area contributed by atoms with Gasteiger partial charge in [0.2, 0.25) is 0 Å². The smallest absolute Gasteiger partial charge is 0.258 e. The molecule has 2 aromatic carbocycles. The van der Waals surface area contributed by atoms with Gasteiger partial charge in [0, 0.05) is 23.4 Å². The molecule has 3 aromatic rings. The first-order chi connectivity index (χ1) is 12.8. The quantitative estimate of drug-likeness (QED) is 0.333. The molecule has 5 nitrogen and oxygen atoms in total. The van der Waals surface area contributed by atoms with E-state index in [1.807, 2.05) is 0 Å². The topological polar surface area (TPSA) is 68.9 Å². The lowest BCUT2D eigenvalue weighted by molar-refractivity contribution is -0.384. The normalized spacial score (nSPS) is 11.4. The third-order valence-electron chi connectivity index (χ3n) is 3.63. The first kappa shape index (κ1) is 18.8. The second-order valence-electron chi connectivity index (χ2n) is 5.55. The fraction of sp³-hybridized carbons (Fsp3) is 0.111. The molecule has 1 heterocycles. The zero-order valence-electron chi connectivity index (χ0n) is 13.7. The Morgan fingerprint density at radius 1 is 1.00 bits per heavy atom. The van der Waals surface area contributed by atoms with Crippen LogP contribution in [0.5, 0.6) is 0 Å². The van der Waals surface area contributed by atoms with Gasteiger partial charge in [-0.2, -0.15) is 13.2 Å². The Kier molecular flexibility index (Phi) is 5.41. The Morgan fingerprint density at radius 3 is 2.44 bits per heavy atom. The highest BCUT2D eigenvalue weighted by Gasteiger charge is 2.30. The highest BCUT2D eigenvalue weighted by molar-refractivity contribution is 7.98. The second kappa shape index (κ2) is 7.75. The van der Waals surface area contributed by atoms with Gasteiger partial charge in [-0.1, -0.05) is 42.1 Å². The number of nitro benzene ring substituents is 1. The minimum Gasteiger partial charge on any atom is -0.258 e. The predicted octanol–water partition coefficient (Wildman–Crippen LogP) is 5.36. The second-order valence-corrected chi connectivity index (χ2v) is 6.55. The minimum absolute atomic E-state index is 0.0442. The van der Waals surface area contributed by atoms with Crippen molar-refractivity contribution in [1.82, 2.24) is 10.2 Å². The molecule has 0 spiro atoms. The lowest BCUT2D eigenvalue weighted by Crippen LogP contribution is -2.04. The van der Waals surface area contributed by atoms with Crippen molar-refractivity contribution in [2.24, 2.45) is 0 Å². The fourth-order valence-electron chi connectivity index (χ4n) is 2.32. The van der Waals surface area contributed by atoms with E-state index in [-0.39, 0.29) is 5.69 Å². The van der Waals surface area contributed by atoms with Gasteiger partial charge in [-0.25, -0.2) is 0 Å². The van der Waals surface area contributed by atoms with Crippen molar-refractivity contribution in [1.29, 1.82) is 0 Å². The molecule has 0 aliphatic carbocycles. The van der Waals surface area contributed by atoms with E-state index in [1.165, 1.54) is 30.0 Å². The number of halogens is 3. The highest BCUT2D eigenvalue weighted by Crippen LogP contribution is 2.31. The number of aromatic nitrogens is 2. The molecule has 0 saturated heterocycles. The van der Waals surface area contributed by atoms with Gasteiger partial charge < -0.3 is 0 Å². The van der Waals surface area contributed by atoms with Crippen molar-refractivity contribution < 1.29 is 18.1 Å². The SMILES string of the molecule is O=[N+]([O-])c1cccc(-c2ccc(SCc3cccc(C(F)(F)F)c3)nn2)c1. The summed E-state index contributed by atoms with van der Waals surface area (Å²) in [6.07, 6.45) is -4.37. The predicted molar refractivity (Wildman–Crippen MR) is 95.1 cm³/mol. The van der Waals surface area contributed by atoms with E-state index in [2.05, 4.69) is 10.2 Å². The summed E-state index contributed by atoms with van der Waals surface area (Å²) in [6.45, 7) is 0. The molecule has 0 aliphatic heterocycles. The summed E-state index contributed by atoms with van der Waals surface area (Å²) in [5.41, 5.74) is 0.831. The number of hydrogen-bond donors (Lipinski definition) is 0. The highest BCUT2D eigenvalue weighted by atomic mass is 32.2. The van der Waals surface area contributed by atoms with Gasteiger partial charge >= 0.3 is 6.18 Å². The van der Waals surface area contributed by atoms with Gasteiger partial charge in [-0.05, 0) is 23.8 Å². The van der Waals surface area contributed by atoms with Crippen LogP contribution >= 0.6 is 11.8 Å². The summed E-state index contributed by atoms with van der Waals surface area (Å²) < 4.78 is 38.2. The lowest BCUT2D eigenvalue weighted by atomic mass is 10.1. The van der Waals surface area contributed by atoms with E-state index in [9.17, 15) is 23.3 Å². The molecular weight excluding hydrogens is 379 g/mol. The largest absolute Gasteiger partial charge is 0.416 e. The van der Waals surface area contributed by atoms with E-state index in [1.54, 1.807) is 30.3 Å². The zero-order chi connectivity index (χ0) is 19.4. The van der Waals surface area contributed by atoms with Crippen LogP contribution in [0, 0.1) is 10.1 Å². The van der Waals surface area contributed by atoms with Crippen molar-refractivity contribution >= 4 is 17.4 Å². The van der Waals surface area contributed by atoms with Crippen molar-refractivity contribution in [2.75, 3.05) is 0 Å². The van der Waals surface area contributed by atoms with E-state index >= 15 is 0 Å². The monoisotopic (exact) mass is 391 g/mol. The minimum atomic E-state index is -4.37. The molecule has 0 radical (unpaired) electrons. The van der Waals surface area contributed by atoms with Crippen molar-refractivity contribution in [3.05, 3.63) is 81.9 Å². The molecule has 0 saturated carbocycles. The third-order valence-corrected chi connectivity index (χ3v) is 4.63. The molecule has 0 bridgehead atoms. The van der Waals surface area contributed by atoms with E-state index < -0.39 is 16.7 Å². The van der Waals surface area contributed by atoms with Crippen molar-refractivity contribution in [3.8, 4) is 11.3 Å². The van der Waals surface area contributed by atoms with Crippen LogP contribution in [-0.2, 0) is 11.9 Å². The molecule has 0 amide bonds. The number of rotatable bonds is 5. The van der Waals surface area contributed by atoms with Crippen LogP contribution in [0.15, 0.2) is 65.7 Å². The number of alkyl halides is 3. The molecule has 0 aliphatic rings. The number of nitro groups is 1. The summed E-state index contributed by atoms with van der Waals surface area (Å²) in [4.78, 5) is 10.4. The van der Waals surface area contributed by atoms with Crippen molar-refractivity contribution in [2.45, 2.75) is 17.0 Å². The van der Waals surface area contributed by atoms with Crippen LogP contribution in [0.4, 0.5) is 18.9 Å². The molecule has 0 N–H and O–H groups in total. The van der Waals surface area contributed by atoms with Crippen LogP contribution in [0.2, 0.25) is 0 Å². The van der Waals surface area contributed by atoms with Gasteiger partial charge in [-0.15, -0.1) is 10.2 Å². The molecule has 3 rings (SSSR count). The van der Waals surface area contributed by atoms with Crippen LogP contribution in [0.3, 0.4) is 0 Å². The number of benzene rings is 2. The summed E-state index contributed by atoms with van der Waals surface area (Å²) in [6, 6.07) is 14.5. The maximum Gasteiger partial charge on any atom is 0.416 e. The Hall–Kier alpha value is -2.94. The number of hydrogen-bond acceptors (Lipinski definition) is 5. The van der Waals surface area contributed by atoms with E-state index in [4.69, 9.17) is 0 Å². The molecule has 0 fully saturated rings. The Bertz CT molecular complexity index is 963. The summed E-state index contributed by atoms with van der Waals surface area (Å²) in [5.74, 6) is 0.314. The molecule has 9 heteroatoms. The molecule has 138 valence electrons. The first-order valence-electron chi connectivity index (χ1n) is 7.70. The average Bonchev–Trinajstić information content (AvgIpc) is 2.66. The van der Waals surface area contributed by atoms with Gasteiger partial charge in [0.1, 0.15) is 5.03 Å². The molecule has 0 unspecified atom stereocenters. The van der Waals surface area contributed by atoms with Crippen molar-refractivity contribution in [3.63, 3.8) is 0 Å². The molecule has 27 heavy (non-hydrogen) atoms. The van der Waals surface area contributed by atoms with E-state index in [0.29, 0.717) is 27.6 Å². The zero-order valence-corrected chi connectivity index (χ0v) is 14.5. The van der Waals surface area contributed by atoms with Crippen LogP contribution in [0.25, 0.3) is 11.3 Å². The Morgan fingerprint density at radius 2 is 1.78 bits per heavy atom. The van der Waals surface area contributed by atoms with Gasteiger partial charge in [-0.3, -0.25) is 10.1 Å². The van der Waals surface area contributed by atoms with Gasteiger partial charge in [0.25, 0.3) is 5.69 Å². The number of thioether (sulfide) groups is 1. The third kappa shape index (κ3) is 4.82. The summed E-state index contributed by atoms with van der Waals surface area (Å²) >= 11 is 1.26. The molecule has 1 aromatic heterocycles. The van der Waals surface area contributed by atoms with Gasteiger partial charge in [0.05, 0.1) is 16.2 Å². The van der Waals surface area contributed by atoms with Crippen LogP contribution in [-0.4, -0.2) is 15.1 Å². The average molecular weight is 391 g/mol.